The van der Waals surface area contributed by atoms with Crippen molar-refractivity contribution < 1.29 is 9.72 Å². The van der Waals surface area contributed by atoms with Gasteiger partial charge in [0.25, 0.3) is 5.69 Å². The zero-order chi connectivity index (χ0) is 16.1. The van der Waals surface area contributed by atoms with Crippen molar-refractivity contribution in [1.29, 1.82) is 0 Å². The zero-order valence-corrected chi connectivity index (χ0v) is 12.4. The molecule has 0 saturated heterocycles. The van der Waals surface area contributed by atoms with Gasteiger partial charge >= 0.3 is 0 Å². The summed E-state index contributed by atoms with van der Waals surface area (Å²) in [6, 6.07) is 12.3. The fourth-order valence-corrected chi connectivity index (χ4v) is 2.03. The van der Waals surface area contributed by atoms with Crippen molar-refractivity contribution in [3.8, 4) is 0 Å². The largest absolute Gasteiger partial charge is 0.376 e. The van der Waals surface area contributed by atoms with Gasteiger partial charge < -0.3 is 10.6 Å². The van der Waals surface area contributed by atoms with Crippen LogP contribution in [0.2, 0.25) is 0 Å². The second kappa shape index (κ2) is 6.71. The van der Waals surface area contributed by atoms with Crippen LogP contribution >= 0.6 is 0 Å². The van der Waals surface area contributed by atoms with Gasteiger partial charge in [0.2, 0.25) is 5.91 Å². The van der Waals surface area contributed by atoms with E-state index in [1.54, 1.807) is 13.0 Å². The summed E-state index contributed by atoms with van der Waals surface area (Å²) in [5, 5.41) is 16.6. The number of carbonyl (C=O) groups excluding carboxylic acids is 1. The number of nitro benzene ring substituents is 1. The Labute approximate surface area is 128 Å². The first kappa shape index (κ1) is 15.5. The highest BCUT2D eigenvalue weighted by Gasteiger charge is 2.15. The first-order valence-corrected chi connectivity index (χ1v) is 6.81. The number of carbonyl (C=O) groups is 1. The van der Waals surface area contributed by atoms with Crippen molar-refractivity contribution >= 4 is 23.0 Å². The van der Waals surface area contributed by atoms with Crippen LogP contribution in [0.15, 0.2) is 42.5 Å². The third-order valence-corrected chi connectivity index (χ3v) is 3.10. The van der Waals surface area contributed by atoms with Gasteiger partial charge in [-0.15, -0.1) is 0 Å². The molecule has 0 fully saturated rings. The van der Waals surface area contributed by atoms with Crippen LogP contribution < -0.4 is 10.6 Å². The summed E-state index contributed by atoms with van der Waals surface area (Å²) in [4.78, 5) is 22.4. The Morgan fingerprint density at radius 2 is 1.86 bits per heavy atom. The highest BCUT2D eigenvalue weighted by molar-refractivity contribution is 5.95. The molecule has 114 valence electrons. The molecule has 6 nitrogen and oxygen atoms in total. The second-order valence-corrected chi connectivity index (χ2v) is 5.05. The smallest absolute Gasteiger partial charge is 0.293 e. The number of hydrogen-bond donors (Lipinski definition) is 2. The van der Waals surface area contributed by atoms with Gasteiger partial charge in [0.05, 0.1) is 11.5 Å². The van der Waals surface area contributed by atoms with Crippen molar-refractivity contribution in [3.05, 3.63) is 63.7 Å². The maximum absolute atomic E-state index is 11.9. The van der Waals surface area contributed by atoms with Crippen molar-refractivity contribution in [2.75, 3.05) is 17.2 Å². The standard InChI is InChI=1S/C16H17N3O3/c1-11-4-3-5-13(8-11)17-10-16(20)18-14-7-6-12(2)9-15(14)19(21)22/h3-9,17H,10H2,1-2H3,(H,18,20). The van der Waals surface area contributed by atoms with Crippen LogP contribution in [0.1, 0.15) is 11.1 Å². The van der Waals surface area contributed by atoms with E-state index >= 15 is 0 Å². The summed E-state index contributed by atoms with van der Waals surface area (Å²) in [5.74, 6) is -0.339. The van der Waals surface area contributed by atoms with Gasteiger partial charge in [-0.3, -0.25) is 14.9 Å². The van der Waals surface area contributed by atoms with E-state index in [9.17, 15) is 14.9 Å². The molecule has 0 unspecified atom stereocenters. The highest BCUT2D eigenvalue weighted by Crippen LogP contribution is 2.25. The molecular formula is C16H17N3O3. The van der Waals surface area contributed by atoms with E-state index in [0.717, 1.165) is 16.8 Å². The Balaban J connectivity index is 2.02. The van der Waals surface area contributed by atoms with Crippen LogP contribution in [0.5, 0.6) is 0 Å². The van der Waals surface area contributed by atoms with Crippen LogP contribution in [0.25, 0.3) is 0 Å². The molecule has 0 atom stereocenters. The minimum Gasteiger partial charge on any atom is -0.376 e. The Morgan fingerprint density at radius 3 is 2.55 bits per heavy atom. The number of aryl methyl sites for hydroxylation is 2. The molecule has 2 aromatic carbocycles. The minimum absolute atomic E-state index is 0.0362. The lowest BCUT2D eigenvalue weighted by Gasteiger charge is -2.09. The molecule has 0 aliphatic heterocycles. The van der Waals surface area contributed by atoms with Crippen molar-refractivity contribution in [2.45, 2.75) is 13.8 Å². The average molecular weight is 299 g/mol. The van der Waals surface area contributed by atoms with Crippen LogP contribution in [-0.2, 0) is 4.79 Å². The molecule has 2 N–H and O–H groups in total. The number of nitrogens with one attached hydrogen (secondary N) is 2. The Kier molecular flexibility index (Phi) is 4.73. The number of anilines is 2. The zero-order valence-electron chi connectivity index (χ0n) is 12.4. The van der Waals surface area contributed by atoms with Gasteiger partial charge in [0.1, 0.15) is 5.69 Å². The molecule has 0 spiro atoms. The van der Waals surface area contributed by atoms with Crippen molar-refractivity contribution in [1.82, 2.24) is 0 Å². The summed E-state index contributed by atoms with van der Waals surface area (Å²) in [6.45, 7) is 3.76. The molecule has 1 amide bonds. The Bertz CT molecular complexity index is 714. The summed E-state index contributed by atoms with van der Waals surface area (Å²) in [7, 11) is 0. The van der Waals surface area contributed by atoms with Gasteiger partial charge in [-0.2, -0.15) is 0 Å². The molecule has 0 aromatic heterocycles. The first-order valence-electron chi connectivity index (χ1n) is 6.81. The average Bonchev–Trinajstić information content (AvgIpc) is 2.47. The summed E-state index contributed by atoms with van der Waals surface area (Å²) in [6.07, 6.45) is 0. The van der Waals surface area contributed by atoms with E-state index < -0.39 is 4.92 Å². The quantitative estimate of drug-likeness (QED) is 0.655. The van der Waals surface area contributed by atoms with Crippen LogP contribution in [0.3, 0.4) is 0 Å². The molecule has 0 saturated carbocycles. The van der Waals surface area contributed by atoms with Gasteiger partial charge in [0, 0.05) is 11.8 Å². The number of hydrogen-bond acceptors (Lipinski definition) is 4. The molecule has 0 aliphatic rings. The van der Waals surface area contributed by atoms with Crippen LogP contribution in [-0.4, -0.2) is 17.4 Å². The summed E-state index contributed by atoms with van der Waals surface area (Å²) in [5.41, 5.74) is 2.77. The van der Waals surface area contributed by atoms with Crippen LogP contribution in [0.4, 0.5) is 17.1 Å². The fourth-order valence-electron chi connectivity index (χ4n) is 2.03. The lowest BCUT2D eigenvalue weighted by molar-refractivity contribution is -0.384. The van der Waals surface area contributed by atoms with E-state index in [-0.39, 0.29) is 23.8 Å². The van der Waals surface area contributed by atoms with E-state index in [1.807, 2.05) is 31.2 Å². The van der Waals surface area contributed by atoms with Gasteiger partial charge in [0.15, 0.2) is 0 Å². The van der Waals surface area contributed by atoms with Crippen LogP contribution in [0, 0.1) is 24.0 Å². The van der Waals surface area contributed by atoms with Gasteiger partial charge in [-0.1, -0.05) is 18.2 Å². The molecule has 6 heteroatoms. The topological polar surface area (TPSA) is 84.3 Å². The predicted octanol–water partition coefficient (Wildman–Crippen LogP) is 3.26. The highest BCUT2D eigenvalue weighted by atomic mass is 16.6. The summed E-state index contributed by atoms with van der Waals surface area (Å²) >= 11 is 0. The lowest BCUT2D eigenvalue weighted by atomic mass is 10.2. The first-order chi connectivity index (χ1) is 10.5. The minimum atomic E-state index is -0.503. The normalized spacial score (nSPS) is 10.1. The molecule has 0 heterocycles. The number of benzene rings is 2. The maximum atomic E-state index is 11.9. The maximum Gasteiger partial charge on any atom is 0.293 e. The Morgan fingerprint density at radius 1 is 1.14 bits per heavy atom. The second-order valence-electron chi connectivity index (χ2n) is 5.05. The van der Waals surface area contributed by atoms with Gasteiger partial charge in [-0.05, 0) is 43.2 Å². The third-order valence-electron chi connectivity index (χ3n) is 3.10. The number of nitrogens with zero attached hydrogens (tertiary/aromatic N) is 1. The molecule has 2 aromatic rings. The molecule has 0 aliphatic carbocycles. The fraction of sp³-hybridized carbons (Fsp3) is 0.188. The third kappa shape index (κ3) is 4.05. The molecule has 0 bridgehead atoms. The molecule has 2 rings (SSSR count). The van der Waals surface area contributed by atoms with Crippen molar-refractivity contribution in [2.24, 2.45) is 0 Å². The number of amides is 1. The van der Waals surface area contributed by atoms with E-state index in [4.69, 9.17) is 0 Å². The summed E-state index contributed by atoms with van der Waals surface area (Å²) < 4.78 is 0. The molecule has 0 radical (unpaired) electrons. The predicted molar refractivity (Wildman–Crippen MR) is 86.1 cm³/mol. The van der Waals surface area contributed by atoms with Crippen molar-refractivity contribution in [3.63, 3.8) is 0 Å². The van der Waals surface area contributed by atoms with E-state index in [2.05, 4.69) is 10.6 Å². The van der Waals surface area contributed by atoms with Gasteiger partial charge in [-0.25, -0.2) is 0 Å². The number of rotatable bonds is 5. The molecular weight excluding hydrogens is 282 g/mol. The van der Waals surface area contributed by atoms with E-state index in [0.29, 0.717) is 0 Å². The van der Waals surface area contributed by atoms with E-state index in [1.165, 1.54) is 12.1 Å². The Hall–Kier alpha value is -2.89. The lowest BCUT2D eigenvalue weighted by Crippen LogP contribution is -2.22. The monoisotopic (exact) mass is 299 g/mol. The molecule has 22 heavy (non-hydrogen) atoms. The number of nitro groups is 1. The SMILES string of the molecule is Cc1cccc(NCC(=O)Nc2ccc(C)cc2[N+](=O)[O-])c1.